The Labute approximate surface area is 79.7 Å². The second-order valence-electron chi connectivity index (χ2n) is 3.31. The van der Waals surface area contributed by atoms with Gasteiger partial charge in [0.25, 0.3) is 0 Å². The molecule has 12 heavy (non-hydrogen) atoms. The molecule has 0 amide bonds. The van der Waals surface area contributed by atoms with E-state index in [1.807, 2.05) is 0 Å². The van der Waals surface area contributed by atoms with Crippen molar-refractivity contribution in [3.8, 4) is 0 Å². The molecule has 2 nitrogen and oxygen atoms in total. The summed E-state index contributed by atoms with van der Waals surface area (Å²) in [5.41, 5.74) is 5.40. The van der Waals surface area contributed by atoms with Crippen molar-refractivity contribution in [2.75, 3.05) is 19.6 Å². The summed E-state index contributed by atoms with van der Waals surface area (Å²) in [5.74, 6) is 0. The lowest BCUT2D eigenvalue weighted by molar-refractivity contribution is 0.587. The van der Waals surface area contributed by atoms with Crippen molar-refractivity contribution in [3.63, 3.8) is 0 Å². The number of unbranched alkanes of at least 4 members (excludes halogenated alkanes) is 3. The van der Waals surface area contributed by atoms with Gasteiger partial charge in [-0.2, -0.15) is 0 Å². The van der Waals surface area contributed by atoms with Crippen molar-refractivity contribution < 1.29 is 0 Å². The summed E-state index contributed by atoms with van der Waals surface area (Å²) in [7, 11) is 1.36. The molecule has 0 fully saturated rings. The SMILES string of the molecule is NCCCCCCNCCC[SiH3]. The zero-order chi connectivity index (χ0) is 9.07. The summed E-state index contributed by atoms with van der Waals surface area (Å²) in [6.07, 6.45) is 6.53. The molecule has 3 N–H and O–H groups in total. The van der Waals surface area contributed by atoms with E-state index in [1.54, 1.807) is 0 Å². The zero-order valence-corrected chi connectivity index (χ0v) is 10.4. The van der Waals surface area contributed by atoms with Gasteiger partial charge in [0, 0.05) is 10.2 Å². The largest absolute Gasteiger partial charge is 0.330 e. The number of hydrogen-bond donors (Lipinski definition) is 2. The van der Waals surface area contributed by atoms with Crippen LogP contribution in [0, 0.1) is 0 Å². The molecule has 3 heteroatoms. The van der Waals surface area contributed by atoms with Crippen molar-refractivity contribution in [2.24, 2.45) is 5.73 Å². The van der Waals surface area contributed by atoms with E-state index >= 15 is 0 Å². The minimum Gasteiger partial charge on any atom is -0.330 e. The fraction of sp³-hybridized carbons (Fsp3) is 1.00. The van der Waals surface area contributed by atoms with Gasteiger partial charge in [-0.15, -0.1) is 0 Å². The van der Waals surface area contributed by atoms with Crippen molar-refractivity contribution in [3.05, 3.63) is 0 Å². The van der Waals surface area contributed by atoms with Crippen LogP contribution < -0.4 is 11.1 Å². The number of nitrogens with two attached hydrogens (primary N) is 1. The van der Waals surface area contributed by atoms with Gasteiger partial charge in [-0.05, 0) is 38.9 Å². The Hall–Kier alpha value is 0.137. The Kier molecular flexibility index (Phi) is 11.3. The van der Waals surface area contributed by atoms with Crippen LogP contribution in [-0.4, -0.2) is 29.9 Å². The van der Waals surface area contributed by atoms with Crippen LogP contribution in [0.15, 0.2) is 0 Å². The average Bonchev–Trinajstić information content (AvgIpc) is 2.10. The Bertz CT molecular complexity index is 68.9. The van der Waals surface area contributed by atoms with Crippen LogP contribution in [0.3, 0.4) is 0 Å². The predicted molar refractivity (Wildman–Crippen MR) is 59.8 cm³/mol. The minimum absolute atomic E-state index is 0.855. The summed E-state index contributed by atoms with van der Waals surface area (Å²) in [6, 6.07) is 1.43. The first-order valence-electron chi connectivity index (χ1n) is 5.32. The summed E-state index contributed by atoms with van der Waals surface area (Å²) >= 11 is 0. The molecule has 0 bridgehead atoms. The Morgan fingerprint density at radius 2 is 1.58 bits per heavy atom. The topological polar surface area (TPSA) is 38.0 Å². The number of hydrogen-bond acceptors (Lipinski definition) is 2. The molecular weight excluding hydrogens is 164 g/mol. The molecule has 0 rings (SSSR count). The first-order valence-corrected chi connectivity index (χ1v) is 6.74. The lowest BCUT2D eigenvalue weighted by atomic mass is 10.2. The summed E-state index contributed by atoms with van der Waals surface area (Å²) in [6.45, 7) is 3.28. The van der Waals surface area contributed by atoms with Crippen molar-refractivity contribution in [2.45, 2.75) is 38.1 Å². The third kappa shape index (κ3) is 10.1. The molecule has 0 aliphatic heterocycles. The van der Waals surface area contributed by atoms with Gasteiger partial charge in [0.05, 0.1) is 0 Å². The van der Waals surface area contributed by atoms with Crippen molar-refractivity contribution in [1.82, 2.24) is 5.32 Å². The van der Waals surface area contributed by atoms with Gasteiger partial charge in [-0.3, -0.25) is 0 Å². The average molecular weight is 188 g/mol. The molecule has 0 heterocycles. The highest BCUT2D eigenvalue weighted by atomic mass is 28.1. The van der Waals surface area contributed by atoms with Gasteiger partial charge < -0.3 is 11.1 Å². The maximum Gasteiger partial charge on any atom is 0.00286 e. The Balaban J connectivity index is 2.73. The van der Waals surface area contributed by atoms with Crippen LogP contribution in [0.4, 0.5) is 0 Å². The van der Waals surface area contributed by atoms with Gasteiger partial charge in [-0.1, -0.05) is 18.9 Å². The van der Waals surface area contributed by atoms with E-state index in [2.05, 4.69) is 5.32 Å². The lowest BCUT2D eigenvalue weighted by Crippen LogP contribution is -2.16. The van der Waals surface area contributed by atoms with E-state index in [0.29, 0.717) is 0 Å². The molecule has 0 atom stereocenters. The fourth-order valence-corrected chi connectivity index (χ4v) is 1.53. The molecule has 0 aromatic rings. The molecular formula is C9H24N2Si. The highest BCUT2D eigenvalue weighted by Crippen LogP contribution is 1.96. The fourth-order valence-electron chi connectivity index (χ4n) is 1.17. The van der Waals surface area contributed by atoms with Crippen LogP contribution in [0.1, 0.15) is 32.1 Å². The second-order valence-corrected chi connectivity index (χ2v) is 4.31. The molecule has 0 spiro atoms. The maximum atomic E-state index is 5.40. The summed E-state index contributed by atoms with van der Waals surface area (Å²) in [5, 5.41) is 3.45. The first-order chi connectivity index (χ1) is 5.91. The van der Waals surface area contributed by atoms with Gasteiger partial charge in [0.1, 0.15) is 0 Å². The molecule has 0 aliphatic carbocycles. The third-order valence-electron chi connectivity index (χ3n) is 2.01. The zero-order valence-electron chi connectivity index (χ0n) is 8.44. The Morgan fingerprint density at radius 3 is 2.25 bits per heavy atom. The Morgan fingerprint density at radius 1 is 0.917 bits per heavy atom. The molecule has 0 unspecified atom stereocenters. The lowest BCUT2D eigenvalue weighted by Gasteiger charge is -2.02. The van der Waals surface area contributed by atoms with Crippen LogP contribution >= 0.6 is 0 Å². The van der Waals surface area contributed by atoms with Gasteiger partial charge in [-0.25, -0.2) is 0 Å². The van der Waals surface area contributed by atoms with E-state index in [0.717, 1.165) is 6.54 Å². The number of nitrogens with one attached hydrogen (secondary N) is 1. The first kappa shape index (κ1) is 12.1. The smallest absolute Gasteiger partial charge is 0.00286 e. The molecule has 0 aromatic carbocycles. The highest BCUT2D eigenvalue weighted by molar-refractivity contribution is 6.08. The van der Waals surface area contributed by atoms with E-state index in [1.165, 1.54) is 61.5 Å². The van der Waals surface area contributed by atoms with E-state index in [4.69, 9.17) is 5.73 Å². The molecule has 0 radical (unpaired) electrons. The number of rotatable bonds is 9. The van der Waals surface area contributed by atoms with Crippen LogP contribution in [0.2, 0.25) is 6.04 Å². The van der Waals surface area contributed by atoms with E-state index in [-0.39, 0.29) is 0 Å². The molecule has 0 saturated heterocycles. The maximum absolute atomic E-state index is 5.40. The highest BCUT2D eigenvalue weighted by Gasteiger charge is 1.88. The standard InChI is InChI=1S/C9H24N2Si/c10-6-3-1-2-4-7-11-8-5-9-12/h11H,1-10H2,12H3. The molecule has 0 saturated carbocycles. The van der Waals surface area contributed by atoms with Crippen molar-refractivity contribution >= 4 is 10.2 Å². The second kappa shape index (κ2) is 11.1. The minimum atomic E-state index is 0.855. The van der Waals surface area contributed by atoms with Crippen molar-refractivity contribution in [1.29, 1.82) is 0 Å². The van der Waals surface area contributed by atoms with Gasteiger partial charge >= 0.3 is 0 Å². The van der Waals surface area contributed by atoms with Gasteiger partial charge in [0.15, 0.2) is 0 Å². The predicted octanol–water partition coefficient (Wildman–Crippen LogP) is 0.269. The van der Waals surface area contributed by atoms with Crippen LogP contribution in [0.25, 0.3) is 0 Å². The monoisotopic (exact) mass is 188 g/mol. The van der Waals surface area contributed by atoms with Crippen LogP contribution in [-0.2, 0) is 0 Å². The quantitative estimate of drug-likeness (QED) is 0.403. The normalized spacial score (nSPS) is 10.8. The third-order valence-corrected chi connectivity index (χ3v) is 2.72. The molecule has 0 aliphatic rings. The molecule has 74 valence electrons. The van der Waals surface area contributed by atoms with Crippen LogP contribution in [0.5, 0.6) is 0 Å². The van der Waals surface area contributed by atoms with E-state index < -0.39 is 0 Å². The molecule has 0 aromatic heterocycles. The van der Waals surface area contributed by atoms with E-state index in [9.17, 15) is 0 Å². The summed E-state index contributed by atoms with van der Waals surface area (Å²) < 4.78 is 0. The van der Waals surface area contributed by atoms with Gasteiger partial charge in [0.2, 0.25) is 0 Å². The summed E-state index contributed by atoms with van der Waals surface area (Å²) in [4.78, 5) is 0.